The van der Waals surface area contributed by atoms with Crippen molar-refractivity contribution in [2.45, 2.75) is 56.1 Å². The second kappa shape index (κ2) is 5.66. The van der Waals surface area contributed by atoms with Crippen LogP contribution in [0, 0.1) is 11.7 Å². The Balaban J connectivity index is 1.79. The number of hydrogen-bond acceptors (Lipinski definition) is 3. The minimum Gasteiger partial charge on any atom is -0.310 e. The zero-order chi connectivity index (χ0) is 15.0. The molecule has 0 bridgehead atoms. The molecule has 0 aliphatic heterocycles. The molecule has 2 saturated carbocycles. The Morgan fingerprint density at radius 3 is 2.71 bits per heavy atom. The largest absolute Gasteiger partial charge is 0.310 e. The molecule has 2 aliphatic carbocycles. The zero-order valence-corrected chi connectivity index (χ0v) is 12.9. The second-order valence-corrected chi connectivity index (χ2v) is 7.72. The van der Waals surface area contributed by atoms with Crippen molar-refractivity contribution < 1.29 is 12.8 Å². The quantitative estimate of drug-likeness (QED) is 0.811. The lowest BCUT2D eigenvalue weighted by Gasteiger charge is -2.12. The van der Waals surface area contributed by atoms with Gasteiger partial charge in [0.15, 0.2) is 0 Å². The molecule has 2 N–H and O–H groups in total. The highest BCUT2D eigenvalue weighted by Gasteiger charge is 2.39. The number of rotatable bonds is 7. The molecule has 3 rings (SSSR count). The molecular formula is C15H21FN2O2S. The molecule has 116 valence electrons. The fourth-order valence-electron chi connectivity index (χ4n) is 2.57. The van der Waals surface area contributed by atoms with Crippen LogP contribution in [0.2, 0.25) is 0 Å². The van der Waals surface area contributed by atoms with Crippen LogP contribution in [0.15, 0.2) is 23.1 Å². The fourth-order valence-corrected chi connectivity index (χ4v) is 4.14. The van der Waals surface area contributed by atoms with Crippen molar-refractivity contribution >= 4 is 10.0 Å². The van der Waals surface area contributed by atoms with Gasteiger partial charge in [-0.15, -0.1) is 0 Å². The van der Waals surface area contributed by atoms with Gasteiger partial charge in [-0.2, -0.15) is 0 Å². The Morgan fingerprint density at radius 1 is 1.33 bits per heavy atom. The van der Waals surface area contributed by atoms with E-state index in [-0.39, 0.29) is 10.9 Å². The Morgan fingerprint density at radius 2 is 2.10 bits per heavy atom. The number of nitrogens with one attached hydrogen (secondary N) is 2. The van der Waals surface area contributed by atoms with E-state index in [1.807, 2.05) is 6.92 Å². The molecule has 1 aromatic rings. The van der Waals surface area contributed by atoms with Gasteiger partial charge in [-0.05, 0) is 42.9 Å². The summed E-state index contributed by atoms with van der Waals surface area (Å²) in [4.78, 5) is 0.0670. The summed E-state index contributed by atoms with van der Waals surface area (Å²) in [6.45, 7) is 2.51. The highest BCUT2D eigenvalue weighted by atomic mass is 32.2. The van der Waals surface area contributed by atoms with Crippen molar-refractivity contribution in [1.82, 2.24) is 10.0 Å². The van der Waals surface area contributed by atoms with E-state index in [1.165, 1.54) is 6.07 Å². The normalized spacial score (nSPS) is 25.0. The standard InChI is InChI=1S/C15H21FN2O2S/c1-2-10-7-14(10)18-21(19,20)15-8-12(16)4-3-11(15)9-17-13-5-6-13/h3-4,8,10,13-14,17-18H,2,5-7,9H2,1H3. The van der Waals surface area contributed by atoms with Gasteiger partial charge in [0.25, 0.3) is 0 Å². The first kappa shape index (κ1) is 14.9. The molecule has 2 fully saturated rings. The summed E-state index contributed by atoms with van der Waals surface area (Å²) in [5.41, 5.74) is 0.629. The van der Waals surface area contributed by atoms with Gasteiger partial charge in [-0.25, -0.2) is 17.5 Å². The average molecular weight is 312 g/mol. The smallest absolute Gasteiger partial charge is 0.241 e. The molecule has 2 aliphatic rings. The van der Waals surface area contributed by atoms with Crippen LogP contribution in [0.3, 0.4) is 0 Å². The number of hydrogen-bond donors (Lipinski definition) is 2. The molecule has 0 radical (unpaired) electrons. The van der Waals surface area contributed by atoms with E-state index in [1.54, 1.807) is 6.07 Å². The van der Waals surface area contributed by atoms with Crippen LogP contribution in [-0.4, -0.2) is 20.5 Å². The zero-order valence-electron chi connectivity index (χ0n) is 12.1. The maximum atomic E-state index is 13.5. The van der Waals surface area contributed by atoms with E-state index in [0.717, 1.165) is 31.7 Å². The molecule has 0 spiro atoms. The van der Waals surface area contributed by atoms with Crippen molar-refractivity contribution in [1.29, 1.82) is 0 Å². The van der Waals surface area contributed by atoms with Gasteiger partial charge in [-0.3, -0.25) is 0 Å². The van der Waals surface area contributed by atoms with E-state index >= 15 is 0 Å². The summed E-state index contributed by atoms with van der Waals surface area (Å²) in [7, 11) is -3.65. The Hall–Kier alpha value is -0.980. The maximum Gasteiger partial charge on any atom is 0.241 e. The van der Waals surface area contributed by atoms with Crippen molar-refractivity contribution in [3.8, 4) is 0 Å². The predicted octanol–water partition coefficient (Wildman–Crippen LogP) is 2.15. The van der Waals surface area contributed by atoms with E-state index in [9.17, 15) is 12.8 Å². The van der Waals surface area contributed by atoms with Crippen molar-refractivity contribution in [2.75, 3.05) is 0 Å². The Labute approximate surface area is 125 Å². The molecule has 1 aromatic carbocycles. The number of benzene rings is 1. The number of sulfonamides is 1. The molecule has 2 unspecified atom stereocenters. The summed E-state index contributed by atoms with van der Waals surface area (Å²) >= 11 is 0. The van der Waals surface area contributed by atoms with Gasteiger partial charge >= 0.3 is 0 Å². The van der Waals surface area contributed by atoms with E-state index in [0.29, 0.717) is 24.1 Å². The van der Waals surface area contributed by atoms with Crippen LogP contribution in [0.1, 0.15) is 38.2 Å². The van der Waals surface area contributed by atoms with Gasteiger partial charge in [0.05, 0.1) is 4.90 Å². The maximum absolute atomic E-state index is 13.5. The van der Waals surface area contributed by atoms with Crippen LogP contribution in [0.25, 0.3) is 0 Å². The first-order valence-corrected chi connectivity index (χ1v) is 9.02. The third-order valence-electron chi connectivity index (χ3n) is 4.23. The van der Waals surface area contributed by atoms with Crippen molar-refractivity contribution in [3.05, 3.63) is 29.6 Å². The summed E-state index contributed by atoms with van der Waals surface area (Å²) in [5.74, 6) is -0.102. The van der Waals surface area contributed by atoms with Gasteiger partial charge in [0.1, 0.15) is 5.82 Å². The van der Waals surface area contributed by atoms with Crippen LogP contribution in [0.5, 0.6) is 0 Å². The fraction of sp³-hybridized carbons (Fsp3) is 0.600. The van der Waals surface area contributed by atoms with Gasteiger partial charge in [-0.1, -0.05) is 19.4 Å². The van der Waals surface area contributed by atoms with Crippen LogP contribution in [0.4, 0.5) is 4.39 Å². The monoisotopic (exact) mass is 312 g/mol. The summed E-state index contributed by atoms with van der Waals surface area (Å²) in [5, 5.41) is 3.28. The molecule has 0 heterocycles. The van der Waals surface area contributed by atoms with Crippen LogP contribution in [-0.2, 0) is 16.6 Å². The highest BCUT2D eigenvalue weighted by Crippen LogP contribution is 2.34. The van der Waals surface area contributed by atoms with Crippen LogP contribution >= 0.6 is 0 Å². The minimum absolute atomic E-state index is 0.00695. The molecule has 21 heavy (non-hydrogen) atoms. The lowest BCUT2D eigenvalue weighted by Crippen LogP contribution is -2.29. The minimum atomic E-state index is -3.65. The number of halogens is 1. The van der Waals surface area contributed by atoms with Crippen molar-refractivity contribution in [3.63, 3.8) is 0 Å². The van der Waals surface area contributed by atoms with E-state index in [2.05, 4.69) is 10.0 Å². The second-order valence-electron chi connectivity index (χ2n) is 6.04. The topological polar surface area (TPSA) is 58.2 Å². The van der Waals surface area contributed by atoms with E-state index < -0.39 is 15.8 Å². The third kappa shape index (κ3) is 3.62. The summed E-state index contributed by atoms with van der Waals surface area (Å²) in [6, 6.07) is 4.48. The Kier molecular flexibility index (Phi) is 4.03. The lowest BCUT2D eigenvalue weighted by atomic mass is 10.2. The van der Waals surface area contributed by atoms with Gasteiger partial charge < -0.3 is 5.32 Å². The third-order valence-corrected chi connectivity index (χ3v) is 5.80. The van der Waals surface area contributed by atoms with Crippen molar-refractivity contribution in [2.24, 2.45) is 5.92 Å². The highest BCUT2D eigenvalue weighted by molar-refractivity contribution is 7.89. The molecule has 0 aromatic heterocycles. The molecular weight excluding hydrogens is 291 g/mol. The van der Waals surface area contributed by atoms with Gasteiger partial charge in [0, 0.05) is 18.6 Å². The molecule has 0 saturated heterocycles. The molecule has 2 atom stereocenters. The van der Waals surface area contributed by atoms with E-state index in [4.69, 9.17) is 0 Å². The predicted molar refractivity (Wildman–Crippen MR) is 78.8 cm³/mol. The van der Waals surface area contributed by atoms with Gasteiger partial charge in [0.2, 0.25) is 10.0 Å². The average Bonchev–Trinajstić information content (AvgIpc) is 3.32. The SMILES string of the molecule is CCC1CC1NS(=O)(=O)c1cc(F)ccc1CNC1CC1. The molecule has 6 heteroatoms. The summed E-state index contributed by atoms with van der Waals surface area (Å²) in [6.07, 6.45) is 4.09. The molecule has 0 amide bonds. The van der Waals surface area contributed by atoms with Crippen LogP contribution < -0.4 is 10.0 Å². The first-order valence-electron chi connectivity index (χ1n) is 7.53. The lowest BCUT2D eigenvalue weighted by molar-refractivity contribution is 0.568. The first-order chi connectivity index (χ1) is 9.99. The Bertz CT molecular complexity index is 629. The summed E-state index contributed by atoms with van der Waals surface area (Å²) < 4.78 is 41.1. The molecule has 4 nitrogen and oxygen atoms in total.